The SMILES string of the molecule is CCC(C)(CC(C)C)NC(C)(CC)CC(C)C. The molecule has 0 saturated carbocycles. The fourth-order valence-electron chi connectivity index (χ4n) is 3.10. The molecule has 1 N–H and O–H groups in total. The summed E-state index contributed by atoms with van der Waals surface area (Å²) in [6, 6.07) is 0. The van der Waals surface area contributed by atoms with Gasteiger partial charge in [0.1, 0.15) is 0 Å². The van der Waals surface area contributed by atoms with Gasteiger partial charge in [-0.05, 0) is 51.4 Å². The summed E-state index contributed by atoms with van der Waals surface area (Å²) in [5, 5.41) is 3.97. The molecule has 0 spiro atoms. The van der Waals surface area contributed by atoms with Crippen LogP contribution in [0.25, 0.3) is 0 Å². The van der Waals surface area contributed by atoms with Crippen molar-refractivity contribution in [1.82, 2.24) is 5.32 Å². The molecule has 0 fully saturated rings. The van der Waals surface area contributed by atoms with Gasteiger partial charge in [-0.25, -0.2) is 0 Å². The van der Waals surface area contributed by atoms with Crippen LogP contribution in [0.1, 0.15) is 81.1 Å². The minimum absolute atomic E-state index is 0.286. The quantitative estimate of drug-likeness (QED) is 0.630. The zero-order valence-electron chi connectivity index (χ0n) is 13.5. The lowest BCUT2D eigenvalue weighted by molar-refractivity contribution is 0.169. The smallest absolute Gasteiger partial charge is 0.0158 e. The first-order valence-corrected chi connectivity index (χ1v) is 7.45. The van der Waals surface area contributed by atoms with E-state index in [0.717, 1.165) is 11.8 Å². The predicted octanol–water partition coefficient (Wildman–Crippen LogP) is 5.01. The Hall–Kier alpha value is -0.0400. The lowest BCUT2D eigenvalue weighted by Gasteiger charge is -2.43. The van der Waals surface area contributed by atoms with Gasteiger partial charge in [0.2, 0.25) is 0 Å². The van der Waals surface area contributed by atoms with Crippen LogP contribution in [0.15, 0.2) is 0 Å². The summed E-state index contributed by atoms with van der Waals surface area (Å²) in [4.78, 5) is 0. The van der Waals surface area contributed by atoms with Gasteiger partial charge in [-0.3, -0.25) is 0 Å². The Morgan fingerprint density at radius 1 is 0.765 bits per heavy atom. The molecule has 1 nitrogen and oxygen atoms in total. The van der Waals surface area contributed by atoms with Crippen LogP contribution >= 0.6 is 0 Å². The van der Waals surface area contributed by atoms with Crippen molar-refractivity contribution in [3.8, 4) is 0 Å². The van der Waals surface area contributed by atoms with Crippen LogP contribution in [0, 0.1) is 11.8 Å². The molecule has 0 aliphatic carbocycles. The topological polar surface area (TPSA) is 12.0 Å². The molecule has 0 aromatic rings. The Morgan fingerprint density at radius 2 is 1.06 bits per heavy atom. The fourth-order valence-corrected chi connectivity index (χ4v) is 3.10. The van der Waals surface area contributed by atoms with E-state index >= 15 is 0 Å². The van der Waals surface area contributed by atoms with Gasteiger partial charge in [0, 0.05) is 11.1 Å². The van der Waals surface area contributed by atoms with Crippen molar-refractivity contribution in [3.63, 3.8) is 0 Å². The molecule has 0 heterocycles. The van der Waals surface area contributed by atoms with E-state index in [9.17, 15) is 0 Å². The van der Waals surface area contributed by atoms with Crippen molar-refractivity contribution >= 4 is 0 Å². The average molecular weight is 241 g/mol. The highest BCUT2D eigenvalue weighted by Crippen LogP contribution is 2.28. The zero-order valence-corrected chi connectivity index (χ0v) is 13.5. The minimum Gasteiger partial charge on any atom is -0.306 e. The summed E-state index contributed by atoms with van der Waals surface area (Å²) in [5.41, 5.74) is 0.571. The van der Waals surface area contributed by atoms with E-state index in [2.05, 4.69) is 60.7 Å². The molecule has 104 valence electrons. The molecule has 0 amide bonds. The normalized spacial score (nSPS) is 19.4. The summed E-state index contributed by atoms with van der Waals surface area (Å²) in [6.07, 6.45) is 4.94. The van der Waals surface area contributed by atoms with E-state index < -0.39 is 0 Å². The Labute approximate surface area is 110 Å². The van der Waals surface area contributed by atoms with Crippen molar-refractivity contribution in [2.75, 3.05) is 0 Å². The van der Waals surface area contributed by atoms with Crippen molar-refractivity contribution in [2.45, 2.75) is 92.2 Å². The first-order valence-electron chi connectivity index (χ1n) is 7.45. The number of hydrogen-bond acceptors (Lipinski definition) is 1. The lowest BCUT2D eigenvalue weighted by Crippen LogP contribution is -2.55. The Bertz CT molecular complexity index is 188. The minimum atomic E-state index is 0.286. The molecule has 0 saturated heterocycles. The molecule has 0 radical (unpaired) electrons. The average Bonchev–Trinajstić information content (AvgIpc) is 2.15. The molecular formula is C16H35N. The van der Waals surface area contributed by atoms with Gasteiger partial charge >= 0.3 is 0 Å². The van der Waals surface area contributed by atoms with Crippen molar-refractivity contribution < 1.29 is 0 Å². The second kappa shape index (κ2) is 6.78. The first kappa shape index (κ1) is 17.0. The third-order valence-electron chi connectivity index (χ3n) is 3.88. The second-order valence-electron chi connectivity index (χ2n) is 7.15. The summed E-state index contributed by atoms with van der Waals surface area (Å²) >= 11 is 0. The lowest BCUT2D eigenvalue weighted by atomic mass is 9.81. The van der Waals surface area contributed by atoms with E-state index in [0.29, 0.717) is 0 Å². The highest BCUT2D eigenvalue weighted by Gasteiger charge is 2.32. The highest BCUT2D eigenvalue weighted by molar-refractivity contribution is 4.93. The Kier molecular flexibility index (Phi) is 6.76. The third-order valence-corrected chi connectivity index (χ3v) is 3.88. The third kappa shape index (κ3) is 6.45. The van der Waals surface area contributed by atoms with Crippen molar-refractivity contribution in [1.29, 1.82) is 0 Å². The highest BCUT2D eigenvalue weighted by atomic mass is 15.0. The van der Waals surface area contributed by atoms with Gasteiger partial charge in [0.15, 0.2) is 0 Å². The van der Waals surface area contributed by atoms with Gasteiger partial charge in [-0.1, -0.05) is 41.5 Å². The summed E-state index contributed by atoms with van der Waals surface area (Å²) < 4.78 is 0. The van der Waals surface area contributed by atoms with Crippen LogP contribution in [0.4, 0.5) is 0 Å². The predicted molar refractivity (Wildman–Crippen MR) is 79.4 cm³/mol. The molecule has 0 aromatic carbocycles. The maximum absolute atomic E-state index is 3.97. The molecule has 0 rings (SSSR count). The number of rotatable bonds is 8. The zero-order chi connectivity index (χ0) is 13.7. The Balaban J connectivity index is 4.70. The van der Waals surface area contributed by atoms with E-state index in [1.165, 1.54) is 25.7 Å². The van der Waals surface area contributed by atoms with Crippen LogP contribution < -0.4 is 5.32 Å². The van der Waals surface area contributed by atoms with E-state index in [4.69, 9.17) is 0 Å². The van der Waals surface area contributed by atoms with Gasteiger partial charge < -0.3 is 5.32 Å². The molecule has 0 bridgehead atoms. The van der Waals surface area contributed by atoms with Crippen LogP contribution in [0.3, 0.4) is 0 Å². The maximum Gasteiger partial charge on any atom is 0.0158 e. The standard InChI is InChI=1S/C16H35N/c1-9-15(7,11-13(3)4)17-16(8,10-2)12-14(5)6/h13-14,17H,9-12H2,1-8H3. The monoisotopic (exact) mass is 241 g/mol. The van der Waals surface area contributed by atoms with Crippen LogP contribution in [-0.4, -0.2) is 11.1 Å². The maximum atomic E-state index is 3.97. The summed E-state index contributed by atoms with van der Waals surface area (Å²) in [5.74, 6) is 1.51. The molecule has 0 aliphatic heterocycles. The van der Waals surface area contributed by atoms with E-state index in [1.54, 1.807) is 0 Å². The molecule has 0 aromatic heterocycles. The molecule has 2 atom stereocenters. The van der Waals surface area contributed by atoms with E-state index in [1.807, 2.05) is 0 Å². The Morgan fingerprint density at radius 3 is 1.24 bits per heavy atom. The molecular weight excluding hydrogens is 206 g/mol. The number of nitrogens with one attached hydrogen (secondary N) is 1. The largest absolute Gasteiger partial charge is 0.306 e. The van der Waals surface area contributed by atoms with Crippen molar-refractivity contribution in [2.24, 2.45) is 11.8 Å². The van der Waals surface area contributed by atoms with Crippen LogP contribution in [0.5, 0.6) is 0 Å². The molecule has 17 heavy (non-hydrogen) atoms. The van der Waals surface area contributed by atoms with E-state index in [-0.39, 0.29) is 11.1 Å². The van der Waals surface area contributed by atoms with Gasteiger partial charge in [0.25, 0.3) is 0 Å². The first-order chi connectivity index (χ1) is 7.66. The van der Waals surface area contributed by atoms with Gasteiger partial charge in [-0.15, -0.1) is 0 Å². The van der Waals surface area contributed by atoms with Crippen LogP contribution in [0.2, 0.25) is 0 Å². The van der Waals surface area contributed by atoms with Gasteiger partial charge in [0.05, 0.1) is 0 Å². The fraction of sp³-hybridized carbons (Fsp3) is 1.00. The molecule has 1 heteroatoms. The second-order valence-corrected chi connectivity index (χ2v) is 7.15. The van der Waals surface area contributed by atoms with Crippen molar-refractivity contribution in [3.05, 3.63) is 0 Å². The molecule has 0 aliphatic rings. The van der Waals surface area contributed by atoms with Gasteiger partial charge in [-0.2, -0.15) is 0 Å². The van der Waals surface area contributed by atoms with Crippen LogP contribution in [-0.2, 0) is 0 Å². The summed E-state index contributed by atoms with van der Waals surface area (Å²) in [6.45, 7) is 18.7. The molecule has 2 unspecified atom stereocenters. The number of hydrogen-bond donors (Lipinski definition) is 1. The summed E-state index contributed by atoms with van der Waals surface area (Å²) in [7, 11) is 0.